The van der Waals surface area contributed by atoms with Gasteiger partial charge in [-0.15, -0.1) is 0 Å². The molecule has 0 amide bonds. The molecule has 2 heterocycles. The molecule has 0 radical (unpaired) electrons. The van der Waals surface area contributed by atoms with E-state index >= 15 is 0 Å². The summed E-state index contributed by atoms with van der Waals surface area (Å²) in [6, 6.07) is 4.23. The van der Waals surface area contributed by atoms with E-state index in [9.17, 15) is 0 Å². The predicted molar refractivity (Wildman–Crippen MR) is 72.1 cm³/mol. The predicted octanol–water partition coefficient (Wildman–Crippen LogP) is 2.89. The van der Waals surface area contributed by atoms with E-state index in [1.165, 1.54) is 44.3 Å². The van der Waals surface area contributed by atoms with E-state index in [1.54, 1.807) is 0 Å². The summed E-state index contributed by atoms with van der Waals surface area (Å²) in [4.78, 5) is 6.98. The van der Waals surface area contributed by atoms with E-state index in [-0.39, 0.29) is 0 Å². The highest BCUT2D eigenvalue weighted by atomic mass is 15.1. The molecule has 1 aromatic rings. The molecule has 3 nitrogen and oxygen atoms in total. The molecule has 0 atom stereocenters. The van der Waals surface area contributed by atoms with Crippen molar-refractivity contribution in [1.82, 2.24) is 9.88 Å². The highest BCUT2D eigenvalue weighted by molar-refractivity contribution is 5.43. The fourth-order valence-electron chi connectivity index (χ4n) is 2.43. The van der Waals surface area contributed by atoms with Crippen LogP contribution in [-0.2, 0) is 6.54 Å². The SMILES string of the molecule is CCNc1ncccc1CN1CCCCCC1. The van der Waals surface area contributed by atoms with Crippen molar-refractivity contribution in [1.29, 1.82) is 0 Å². The van der Waals surface area contributed by atoms with Gasteiger partial charge in [0.15, 0.2) is 0 Å². The number of anilines is 1. The van der Waals surface area contributed by atoms with Crippen molar-refractivity contribution in [3.05, 3.63) is 23.9 Å². The van der Waals surface area contributed by atoms with Crippen LogP contribution in [0.25, 0.3) is 0 Å². The van der Waals surface area contributed by atoms with Crippen molar-refractivity contribution >= 4 is 5.82 Å². The quantitative estimate of drug-likeness (QED) is 0.866. The molecule has 1 fully saturated rings. The number of nitrogens with one attached hydrogen (secondary N) is 1. The highest BCUT2D eigenvalue weighted by Crippen LogP contribution is 2.17. The lowest BCUT2D eigenvalue weighted by Crippen LogP contribution is -2.24. The maximum absolute atomic E-state index is 4.42. The summed E-state index contributed by atoms with van der Waals surface area (Å²) in [7, 11) is 0. The molecule has 3 heteroatoms. The third kappa shape index (κ3) is 3.70. The third-order valence-corrected chi connectivity index (χ3v) is 3.33. The first-order valence-corrected chi connectivity index (χ1v) is 6.80. The van der Waals surface area contributed by atoms with Gasteiger partial charge in [0, 0.05) is 24.8 Å². The van der Waals surface area contributed by atoms with Crippen LogP contribution in [0, 0.1) is 0 Å². The lowest BCUT2D eigenvalue weighted by Gasteiger charge is -2.21. The normalized spacial score (nSPS) is 17.7. The van der Waals surface area contributed by atoms with Crippen molar-refractivity contribution in [2.45, 2.75) is 39.2 Å². The largest absolute Gasteiger partial charge is 0.370 e. The topological polar surface area (TPSA) is 28.2 Å². The average molecular weight is 233 g/mol. The van der Waals surface area contributed by atoms with Gasteiger partial charge in [-0.3, -0.25) is 4.90 Å². The molecule has 1 aromatic heterocycles. The second-order valence-electron chi connectivity index (χ2n) is 4.73. The van der Waals surface area contributed by atoms with Crippen LogP contribution in [0.5, 0.6) is 0 Å². The molecule has 94 valence electrons. The molecule has 0 spiro atoms. The van der Waals surface area contributed by atoms with Crippen molar-refractivity contribution in [3.63, 3.8) is 0 Å². The standard InChI is InChI=1S/C14H23N3/c1-2-15-14-13(8-7-9-16-14)12-17-10-5-3-4-6-11-17/h7-9H,2-6,10-12H2,1H3,(H,15,16). The first kappa shape index (κ1) is 12.4. The number of likely N-dealkylation sites (tertiary alicyclic amines) is 1. The monoisotopic (exact) mass is 233 g/mol. The van der Waals surface area contributed by atoms with Gasteiger partial charge in [0.2, 0.25) is 0 Å². The number of pyridine rings is 1. The van der Waals surface area contributed by atoms with Gasteiger partial charge >= 0.3 is 0 Å². The second kappa shape index (κ2) is 6.60. The Kier molecular flexibility index (Phi) is 4.80. The first-order chi connectivity index (χ1) is 8.40. The maximum atomic E-state index is 4.42. The lowest BCUT2D eigenvalue weighted by molar-refractivity contribution is 0.277. The first-order valence-electron chi connectivity index (χ1n) is 6.80. The van der Waals surface area contributed by atoms with Gasteiger partial charge in [-0.25, -0.2) is 4.98 Å². The number of rotatable bonds is 4. The molecule has 1 aliphatic rings. The van der Waals surface area contributed by atoms with Crippen LogP contribution in [0.15, 0.2) is 18.3 Å². The van der Waals surface area contributed by atoms with E-state index in [4.69, 9.17) is 0 Å². The molecular weight excluding hydrogens is 210 g/mol. The lowest BCUT2D eigenvalue weighted by atomic mass is 10.2. The summed E-state index contributed by atoms with van der Waals surface area (Å²) in [5.74, 6) is 1.05. The molecule has 0 unspecified atom stereocenters. The zero-order valence-electron chi connectivity index (χ0n) is 10.8. The van der Waals surface area contributed by atoms with Crippen LogP contribution in [-0.4, -0.2) is 29.5 Å². The maximum Gasteiger partial charge on any atom is 0.130 e. The Balaban J connectivity index is 2.00. The van der Waals surface area contributed by atoms with E-state index in [0.717, 1.165) is 18.9 Å². The minimum Gasteiger partial charge on any atom is -0.370 e. The van der Waals surface area contributed by atoms with Crippen molar-refractivity contribution in [2.24, 2.45) is 0 Å². The summed E-state index contributed by atoms with van der Waals surface area (Å²) in [6.07, 6.45) is 7.34. The van der Waals surface area contributed by atoms with Gasteiger partial charge in [-0.1, -0.05) is 18.9 Å². The number of hydrogen-bond acceptors (Lipinski definition) is 3. The Hall–Kier alpha value is -1.09. The van der Waals surface area contributed by atoms with Gasteiger partial charge in [0.1, 0.15) is 5.82 Å². The van der Waals surface area contributed by atoms with Crippen LogP contribution >= 0.6 is 0 Å². The highest BCUT2D eigenvalue weighted by Gasteiger charge is 2.11. The number of aromatic nitrogens is 1. The van der Waals surface area contributed by atoms with E-state index in [2.05, 4.69) is 28.2 Å². The van der Waals surface area contributed by atoms with Gasteiger partial charge in [-0.2, -0.15) is 0 Å². The van der Waals surface area contributed by atoms with Crippen LogP contribution in [0.2, 0.25) is 0 Å². The minimum absolute atomic E-state index is 0.935. The molecule has 0 aromatic carbocycles. The molecule has 1 saturated heterocycles. The van der Waals surface area contributed by atoms with Crippen LogP contribution < -0.4 is 5.32 Å². The van der Waals surface area contributed by atoms with Gasteiger partial charge in [0.05, 0.1) is 0 Å². The zero-order valence-corrected chi connectivity index (χ0v) is 10.8. The summed E-state index contributed by atoms with van der Waals surface area (Å²) in [6.45, 7) is 6.56. The van der Waals surface area contributed by atoms with Crippen LogP contribution in [0.4, 0.5) is 5.82 Å². The van der Waals surface area contributed by atoms with E-state index in [1.807, 2.05) is 12.3 Å². The second-order valence-corrected chi connectivity index (χ2v) is 4.73. The van der Waals surface area contributed by atoms with Gasteiger partial charge in [-0.05, 0) is 38.9 Å². The van der Waals surface area contributed by atoms with Crippen LogP contribution in [0.1, 0.15) is 38.2 Å². The summed E-state index contributed by atoms with van der Waals surface area (Å²) >= 11 is 0. The molecule has 0 bridgehead atoms. The Morgan fingerprint density at radius 2 is 2.00 bits per heavy atom. The van der Waals surface area contributed by atoms with Crippen molar-refractivity contribution in [2.75, 3.05) is 25.0 Å². The van der Waals surface area contributed by atoms with E-state index in [0.29, 0.717) is 0 Å². The third-order valence-electron chi connectivity index (χ3n) is 3.33. The summed E-state index contributed by atoms with van der Waals surface area (Å²) in [5.41, 5.74) is 1.33. The van der Waals surface area contributed by atoms with Crippen LogP contribution in [0.3, 0.4) is 0 Å². The molecule has 0 saturated carbocycles. The Morgan fingerprint density at radius 1 is 1.24 bits per heavy atom. The number of nitrogens with zero attached hydrogens (tertiary/aromatic N) is 2. The van der Waals surface area contributed by atoms with Crippen molar-refractivity contribution < 1.29 is 0 Å². The summed E-state index contributed by atoms with van der Waals surface area (Å²) in [5, 5.41) is 3.34. The Labute approximate surface area is 104 Å². The minimum atomic E-state index is 0.935. The molecule has 2 rings (SSSR count). The zero-order chi connectivity index (χ0) is 11.9. The smallest absolute Gasteiger partial charge is 0.130 e. The fourth-order valence-corrected chi connectivity index (χ4v) is 2.43. The molecule has 1 aliphatic heterocycles. The molecule has 17 heavy (non-hydrogen) atoms. The van der Waals surface area contributed by atoms with Gasteiger partial charge in [0.25, 0.3) is 0 Å². The Morgan fingerprint density at radius 3 is 2.71 bits per heavy atom. The summed E-state index contributed by atoms with van der Waals surface area (Å²) < 4.78 is 0. The average Bonchev–Trinajstić information content (AvgIpc) is 2.61. The molecular formula is C14H23N3. The number of hydrogen-bond donors (Lipinski definition) is 1. The molecule has 1 N–H and O–H groups in total. The van der Waals surface area contributed by atoms with Gasteiger partial charge < -0.3 is 5.32 Å². The Bertz CT molecular complexity index is 330. The fraction of sp³-hybridized carbons (Fsp3) is 0.643. The van der Waals surface area contributed by atoms with Crippen molar-refractivity contribution in [3.8, 4) is 0 Å². The van der Waals surface area contributed by atoms with E-state index < -0.39 is 0 Å². The molecule has 0 aliphatic carbocycles.